The molecule has 2 aliphatic rings. The number of halogens is 1. The minimum Gasteiger partial charge on any atom is -0.321 e. The summed E-state index contributed by atoms with van der Waals surface area (Å²) in [6.45, 7) is 7.28. The smallest absolute Gasteiger partial charge is 0.244 e. The molecule has 1 spiro atoms. The zero-order chi connectivity index (χ0) is 15.3. The first kappa shape index (κ1) is 14.5. The first-order chi connectivity index (χ1) is 9.81. The Labute approximate surface area is 125 Å². The molecule has 1 aromatic rings. The summed E-state index contributed by atoms with van der Waals surface area (Å²) in [5.74, 6) is -0.0356. The van der Waals surface area contributed by atoms with E-state index < -0.39 is 0 Å². The minimum atomic E-state index is -0.336. The molecule has 1 unspecified atom stereocenters. The lowest BCUT2D eigenvalue weighted by molar-refractivity contribution is -0.131. The van der Waals surface area contributed by atoms with Crippen LogP contribution in [0.4, 0.5) is 4.39 Å². The molecule has 1 aliphatic carbocycles. The van der Waals surface area contributed by atoms with E-state index in [1.165, 1.54) is 12.1 Å². The molecule has 1 atom stereocenters. The molecule has 1 saturated carbocycles. The number of benzene rings is 1. The van der Waals surface area contributed by atoms with Crippen LogP contribution in [0.5, 0.6) is 0 Å². The average molecular weight is 290 g/mol. The predicted molar refractivity (Wildman–Crippen MR) is 80.0 cm³/mol. The largest absolute Gasteiger partial charge is 0.321 e. The standard InChI is InChI=1S/C17H23FN2O/c1-16(2,3)10-11-20-14(12-4-6-13(18)7-5-12)19-17(8-9-17)15(20)21/h4-7,14,19H,8-11H2,1-3H3. The molecule has 2 fully saturated rings. The maximum Gasteiger partial charge on any atom is 0.244 e. The van der Waals surface area contributed by atoms with Gasteiger partial charge in [-0.25, -0.2) is 4.39 Å². The summed E-state index contributed by atoms with van der Waals surface area (Å²) < 4.78 is 13.1. The summed E-state index contributed by atoms with van der Waals surface area (Å²) in [7, 11) is 0. The van der Waals surface area contributed by atoms with Crippen LogP contribution in [-0.4, -0.2) is 22.9 Å². The highest BCUT2D eigenvalue weighted by Gasteiger charge is 2.59. The molecule has 0 bridgehead atoms. The quantitative estimate of drug-likeness (QED) is 0.927. The van der Waals surface area contributed by atoms with Gasteiger partial charge in [0.05, 0.1) is 0 Å². The van der Waals surface area contributed by atoms with Gasteiger partial charge in [-0.2, -0.15) is 0 Å². The fourth-order valence-electron chi connectivity index (χ4n) is 2.87. The van der Waals surface area contributed by atoms with Crippen LogP contribution in [0.25, 0.3) is 0 Å². The molecule has 3 rings (SSSR count). The molecular formula is C17H23FN2O. The van der Waals surface area contributed by atoms with E-state index in [0.717, 1.165) is 31.4 Å². The maximum absolute atomic E-state index is 13.1. The van der Waals surface area contributed by atoms with Crippen LogP contribution in [0.2, 0.25) is 0 Å². The van der Waals surface area contributed by atoms with E-state index in [1.807, 2.05) is 4.90 Å². The third kappa shape index (κ3) is 2.82. The van der Waals surface area contributed by atoms with Crippen LogP contribution < -0.4 is 5.32 Å². The van der Waals surface area contributed by atoms with Crippen molar-refractivity contribution < 1.29 is 9.18 Å². The Hall–Kier alpha value is -1.42. The van der Waals surface area contributed by atoms with Gasteiger partial charge in [-0.3, -0.25) is 10.1 Å². The summed E-state index contributed by atoms with van der Waals surface area (Å²) in [6, 6.07) is 6.46. The van der Waals surface area contributed by atoms with Gasteiger partial charge in [0.15, 0.2) is 0 Å². The SMILES string of the molecule is CC(C)(C)CCN1C(=O)C2(CC2)NC1c1ccc(F)cc1. The molecule has 1 amide bonds. The fourth-order valence-corrected chi connectivity index (χ4v) is 2.87. The Morgan fingerprint density at radius 1 is 1.29 bits per heavy atom. The highest BCUT2D eigenvalue weighted by molar-refractivity contribution is 5.92. The second-order valence-electron chi connectivity index (χ2n) is 7.49. The number of nitrogens with one attached hydrogen (secondary N) is 1. The van der Waals surface area contributed by atoms with Crippen LogP contribution in [0.1, 0.15) is 51.8 Å². The Balaban J connectivity index is 1.82. The lowest BCUT2D eigenvalue weighted by atomic mass is 9.92. The van der Waals surface area contributed by atoms with Gasteiger partial charge in [0.25, 0.3) is 0 Å². The van der Waals surface area contributed by atoms with Gasteiger partial charge in [0.2, 0.25) is 5.91 Å². The topological polar surface area (TPSA) is 32.3 Å². The maximum atomic E-state index is 13.1. The number of hydrogen-bond donors (Lipinski definition) is 1. The fraction of sp³-hybridized carbons (Fsp3) is 0.588. The van der Waals surface area contributed by atoms with Crippen molar-refractivity contribution in [2.75, 3.05) is 6.54 Å². The van der Waals surface area contributed by atoms with Crippen LogP contribution in [0, 0.1) is 11.2 Å². The molecule has 1 saturated heterocycles. The van der Waals surface area contributed by atoms with Crippen LogP contribution >= 0.6 is 0 Å². The van der Waals surface area contributed by atoms with Crippen LogP contribution in [0.3, 0.4) is 0 Å². The summed E-state index contributed by atoms with van der Waals surface area (Å²) in [4.78, 5) is 14.6. The zero-order valence-corrected chi connectivity index (χ0v) is 12.9. The third-order valence-electron chi connectivity index (χ3n) is 4.43. The summed E-state index contributed by atoms with van der Waals surface area (Å²) in [5.41, 5.74) is 0.812. The summed E-state index contributed by atoms with van der Waals surface area (Å²) >= 11 is 0. The molecule has 1 N–H and O–H groups in total. The van der Waals surface area contributed by atoms with Gasteiger partial charge in [0.1, 0.15) is 17.5 Å². The highest BCUT2D eigenvalue weighted by atomic mass is 19.1. The normalized spacial score (nSPS) is 23.9. The number of carbonyl (C=O) groups is 1. The van der Waals surface area contributed by atoms with E-state index >= 15 is 0 Å². The molecule has 3 nitrogen and oxygen atoms in total. The van der Waals surface area contributed by atoms with Gasteiger partial charge in [-0.05, 0) is 42.4 Å². The van der Waals surface area contributed by atoms with Crippen molar-refractivity contribution in [2.45, 2.75) is 51.7 Å². The van der Waals surface area contributed by atoms with Crippen molar-refractivity contribution in [2.24, 2.45) is 5.41 Å². The Bertz CT molecular complexity index is 543. The molecule has 0 radical (unpaired) electrons. The molecule has 1 aliphatic heterocycles. The number of hydrogen-bond acceptors (Lipinski definition) is 2. The molecule has 1 heterocycles. The lowest BCUT2D eigenvalue weighted by Crippen LogP contribution is -2.34. The number of carbonyl (C=O) groups excluding carboxylic acids is 1. The minimum absolute atomic E-state index is 0.122. The second-order valence-corrected chi connectivity index (χ2v) is 7.49. The zero-order valence-electron chi connectivity index (χ0n) is 12.9. The van der Waals surface area contributed by atoms with Crippen molar-refractivity contribution in [3.63, 3.8) is 0 Å². The van der Waals surface area contributed by atoms with Gasteiger partial charge < -0.3 is 4.90 Å². The second kappa shape index (κ2) is 4.80. The Kier molecular flexibility index (Phi) is 3.32. The monoisotopic (exact) mass is 290 g/mol. The van der Waals surface area contributed by atoms with E-state index in [-0.39, 0.29) is 28.8 Å². The Morgan fingerprint density at radius 3 is 2.43 bits per heavy atom. The molecule has 1 aromatic carbocycles. The van der Waals surface area contributed by atoms with Crippen LogP contribution in [0.15, 0.2) is 24.3 Å². The van der Waals surface area contributed by atoms with Crippen LogP contribution in [-0.2, 0) is 4.79 Å². The molecular weight excluding hydrogens is 267 g/mol. The summed E-state index contributed by atoms with van der Waals surface area (Å²) in [5, 5.41) is 3.47. The average Bonchev–Trinajstić information content (AvgIpc) is 3.12. The first-order valence-electron chi connectivity index (χ1n) is 7.65. The number of rotatable bonds is 3. The third-order valence-corrected chi connectivity index (χ3v) is 4.43. The van der Waals surface area contributed by atoms with Gasteiger partial charge in [-0.15, -0.1) is 0 Å². The molecule has 21 heavy (non-hydrogen) atoms. The number of nitrogens with zero attached hydrogens (tertiary/aromatic N) is 1. The molecule has 4 heteroatoms. The van der Waals surface area contributed by atoms with E-state index in [4.69, 9.17) is 0 Å². The van der Waals surface area contributed by atoms with E-state index in [9.17, 15) is 9.18 Å². The van der Waals surface area contributed by atoms with Crippen molar-refractivity contribution >= 4 is 5.91 Å². The van der Waals surface area contributed by atoms with Gasteiger partial charge in [-0.1, -0.05) is 32.9 Å². The predicted octanol–water partition coefficient (Wildman–Crippen LogP) is 3.22. The molecule has 114 valence electrons. The Morgan fingerprint density at radius 2 is 1.90 bits per heavy atom. The van der Waals surface area contributed by atoms with Gasteiger partial charge in [0, 0.05) is 6.54 Å². The lowest BCUT2D eigenvalue weighted by Gasteiger charge is -2.28. The number of amides is 1. The highest BCUT2D eigenvalue weighted by Crippen LogP contribution is 2.46. The first-order valence-corrected chi connectivity index (χ1v) is 7.65. The van der Waals surface area contributed by atoms with E-state index in [2.05, 4.69) is 26.1 Å². The summed E-state index contributed by atoms with van der Waals surface area (Å²) in [6.07, 6.45) is 2.65. The van der Waals surface area contributed by atoms with E-state index in [0.29, 0.717) is 0 Å². The van der Waals surface area contributed by atoms with Crippen molar-refractivity contribution in [3.05, 3.63) is 35.6 Å². The van der Waals surface area contributed by atoms with Crippen molar-refractivity contribution in [1.82, 2.24) is 10.2 Å². The van der Waals surface area contributed by atoms with Crippen molar-refractivity contribution in [3.8, 4) is 0 Å². The van der Waals surface area contributed by atoms with E-state index in [1.54, 1.807) is 12.1 Å². The molecule has 0 aromatic heterocycles. The van der Waals surface area contributed by atoms with Gasteiger partial charge >= 0.3 is 0 Å². The van der Waals surface area contributed by atoms with Crippen molar-refractivity contribution in [1.29, 1.82) is 0 Å².